The highest BCUT2D eigenvalue weighted by Gasteiger charge is 2.32. The van der Waals surface area contributed by atoms with Crippen LogP contribution in [0.15, 0.2) is 0 Å². The van der Waals surface area contributed by atoms with Crippen LogP contribution in [0.4, 0.5) is 4.79 Å². The third-order valence-electron chi connectivity index (χ3n) is 3.00. The SMILES string of the molecule is CN1CCCC1CN1C(=O)CNC1=O. The molecule has 3 amide bonds. The molecule has 2 saturated heterocycles. The molecule has 0 radical (unpaired) electrons. The number of amides is 3. The summed E-state index contributed by atoms with van der Waals surface area (Å²) in [6, 6.07) is 0.109. The zero-order chi connectivity index (χ0) is 10.1. The Morgan fingerprint density at radius 2 is 2.29 bits per heavy atom. The van der Waals surface area contributed by atoms with E-state index in [1.165, 1.54) is 4.90 Å². The van der Waals surface area contributed by atoms with Gasteiger partial charge in [-0.3, -0.25) is 9.69 Å². The molecule has 2 rings (SSSR count). The Bertz CT molecular complexity index is 251. The average Bonchev–Trinajstić information content (AvgIpc) is 2.67. The lowest BCUT2D eigenvalue weighted by Crippen LogP contribution is -2.41. The van der Waals surface area contributed by atoms with Gasteiger partial charge in [-0.15, -0.1) is 0 Å². The summed E-state index contributed by atoms with van der Waals surface area (Å²) in [5.41, 5.74) is 0. The molecular formula is C9H15N3O2. The Labute approximate surface area is 83.0 Å². The molecule has 0 aromatic heterocycles. The number of nitrogens with one attached hydrogen (secondary N) is 1. The van der Waals surface area contributed by atoms with Crippen molar-refractivity contribution in [3.8, 4) is 0 Å². The summed E-state index contributed by atoms with van der Waals surface area (Å²) < 4.78 is 0. The topological polar surface area (TPSA) is 52.6 Å². The lowest BCUT2D eigenvalue weighted by Gasteiger charge is -2.23. The number of hydrogen-bond acceptors (Lipinski definition) is 3. The number of likely N-dealkylation sites (N-methyl/N-ethyl adjacent to an activating group) is 1. The monoisotopic (exact) mass is 197 g/mol. The Hall–Kier alpha value is -1.10. The van der Waals surface area contributed by atoms with Gasteiger partial charge >= 0.3 is 6.03 Å². The molecule has 0 bridgehead atoms. The number of hydrogen-bond donors (Lipinski definition) is 1. The van der Waals surface area contributed by atoms with Gasteiger partial charge in [0.15, 0.2) is 0 Å². The molecule has 1 atom stereocenters. The first-order chi connectivity index (χ1) is 6.68. The van der Waals surface area contributed by atoms with Crippen LogP contribution in [0.2, 0.25) is 0 Å². The molecule has 0 aromatic rings. The second kappa shape index (κ2) is 3.57. The molecule has 1 unspecified atom stereocenters. The van der Waals surface area contributed by atoms with Crippen LogP contribution in [0.1, 0.15) is 12.8 Å². The minimum Gasteiger partial charge on any atom is -0.329 e. The second-order valence-corrected chi connectivity index (χ2v) is 3.94. The van der Waals surface area contributed by atoms with E-state index in [2.05, 4.69) is 10.2 Å². The number of urea groups is 1. The standard InChI is InChI=1S/C9H15N3O2/c1-11-4-2-3-7(11)6-12-8(13)5-10-9(12)14/h7H,2-6H2,1H3,(H,10,14). The van der Waals surface area contributed by atoms with Crippen LogP contribution in [-0.4, -0.2) is 54.5 Å². The highest BCUT2D eigenvalue weighted by molar-refractivity contribution is 6.01. The molecule has 0 aromatic carbocycles. The number of carbonyl (C=O) groups is 2. The summed E-state index contributed by atoms with van der Waals surface area (Å²) >= 11 is 0. The predicted molar refractivity (Wildman–Crippen MR) is 50.8 cm³/mol. The van der Waals surface area contributed by atoms with Crippen molar-refractivity contribution < 1.29 is 9.59 Å². The van der Waals surface area contributed by atoms with Gasteiger partial charge in [-0.05, 0) is 26.4 Å². The van der Waals surface area contributed by atoms with Crippen LogP contribution in [0, 0.1) is 0 Å². The number of imide groups is 1. The van der Waals surface area contributed by atoms with Gasteiger partial charge in [0.25, 0.3) is 0 Å². The molecule has 14 heavy (non-hydrogen) atoms. The van der Waals surface area contributed by atoms with Gasteiger partial charge in [-0.2, -0.15) is 0 Å². The Morgan fingerprint density at radius 1 is 1.50 bits per heavy atom. The van der Waals surface area contributed by atoms with Crippen molar-refractivity contribution in [3.05, 3.63) is 0 Å². The van der Waals surface area contributed by atoms with Gasteiger partial charge < -0.3 is 10.2 Å². The average molecular weight is 197 g/mol. The van der Waals surface area contributed by atoms with Crippen LogP contribution in [0.25, 0.3) is 0 Å². The molecule has 0 aliphatic carbocycles. The first-order valence-electron chi connectivity index (χ1n) is 4.97. The normalized spacial score (nSPS) is 28.6. The fraction of sp³-hybridized carbons (Fsp3) is 0.778. The van der Waals surface area contributed by atoms with E-state index in [-0.39, 0.29) is 18.5 Å². The summed E-state index contributed by atoms with van der Waals surface area (Å²) in [6.07, 6.45) is 2.23. The largest absolute Gasteiger partial charge is 0.329 e. The maximum absolute atomic E-state index is 11.3. The Morgan fingerprint density at radius 3 is 2.79 bits per heavy atom. The van der Waals surface area contributed by atoms with E-state index in [0.717, 1.165) is 19.4 Å². The molecule has 2 fully saturated rings. The molecule has 5 nitrogen and oxygen atoms in total. The van der Waals surface area contributed by atoms with Gasteiger partial charge in [0, 0.05) is 12.6 Å². The lowest BCUT2D eigenvalue weighted by molar-refractivity contribution is -0.125. The Kier molecular flexibility index (Phi) is 2.41. The van der Waals surface area contributed by atoms with Gasteiger partial charge in [0.2, 0.25) is 5.91 Å². The second-order valence-electron chi connectivity index (χ2n) is 3.94. The van der Waals surface area contributed by atoms with E-state index in [9.17, 15) is 9.59 Å². The van der Waals surface area contributed by atoms with Gasteiger partial charge in [0.05, 0.1) is 6.54 Å². The van der Waals surface area contributed by atoms with Crippen LogP contribution < -0.4 is 5.32 Å². The molecule has 5 heteroatoms. The van der Waals surface area contributed by atoms with Gasteiger partial charge in [0.1, 0.15) is 0 Å². The fourth-order valence-electron chi connectivity index (χ4n) is 2.06. The van der Waals surface area contributed by atoms with Crippen molar-refractivity contribution in [2.24, 2.45) is 0 Å². The third-order valence-corrected chi connectivity index (χ3v) is 3.00. The molecule has 1 N–H and O–H groups in total. The fourth-order valence-corrected chi connectivity index (χ4v) is 2.06. The third kappa shape index (κ3) is 1.59. The number of rotatable bonds is 2. The van der Waals surface area contributed by atoms with Crippen molar-refractivity contribution in [1.82, 2.24) is 15.1 Å². The maximum Gasteiger partial charge on any atom is 0.324 e. The molecule has 2 heterocycles. The van der Waals surface area contributed by atoms with Crippen molar-refractivity contribution in [1.29, 1.82) is 0 Å². The zero-order valence-corrected chi connectivity index (χ0v) is 8.32. The van der Waals surface area contributed by atoms with E-state index >= 15 is 0 Å². The molecular weight excluding hydrogens is 182 g/mol. The van der Waals surface area contributed by atoms with E-state index in [0.29, 0.717) is 12.6 Å². The van der Waals surface area contributed by atoms with Crippen molar-refractivity contribution in [2.45, 2.75) is 18.9 Å². The summed E-state index contributed by atoms with van der Waals surface area (Å²) in [5, 5.41) is 2.53. The van der Waals surface area contributed by atoms with Crippen LogP contribution in [-0.2, 0) is 4.79 Å². The number of carbonyl (C=O) groups excluding carboxylic acids is 2. The van der Waals surface area contributed by atoms with Crippen LogP contribution in [0.3, 0.4) is 0 Å². The lowest BCUT2D eigenvalue weighted by atomic mass is 10.2. The molecule has 0 saturated carbocycles. The van der Waals surface area contributed by atoms with E-state index in [1.807, 2.05) is 7.05 Å². The molecule has 2 aliphatic rings. The smallest absolute Gasteiger partial charge is 0.324 e. The minimum absolute atomic E-state index is 0.102. The summed E-state index contributed by atoms with van der Waals surface area (Å²) in [6.45, 7) is 1.77. The van der Waals surface area contributed by atoms with Crippen molar-refractivity contribution in [2.75, 3.05) is 26.7 Å². The molecule has 78 valence electrons. The minimum atomic E-state index is -0.240. The molecule has 0 spiro atoms. The number of nitrogens with zero attached hydrogens (tertiary/aromatic N) is 2. The van der Waals surface area contributed by atoms with Gasteiger partial charge in [-0.25, -0.2) is 4.79 Å². The highest BCUT2D eigenvalue weighted by atomic mass is 16.2. The van der Waals surface area contributed by atoms with Crippen LogP contribution >= 0.6 is 0 Å². The predicted octanol–water partition coefficient (Wildman–Crippen LogP) is -0.368. The highest BCUT2D eigenvalue weighted by Crippen LogP contribution is 2.16. The number of likely N-dealkylation sites (tertiary alicyclic amines) is 1. The quantitative estimate of drug-likeness (QED) is 0.615. The summed E-state index contributed by atoms with van der Waals surface area (Å²) in [7, 11) is 2.04. The Balaban J connectivity index is 1.96. The maximum atomic E-state index is 11.3. The zero-order valence-electron chi connectivity index (χ0n) is 8.32. The van der Waals surface area contributed by atoms with Crippen molar-refractivity contribution >= 4 is 11.9 Å². The van der Waals surface area contributed by atoms with E-state index in [1.54, 1.807) is 0 Å². The van der Waals surface area contributed by atoms with Crippen molar-refractivity contribution in [3.63, 3.8) is 0 Å². The summed E-state index contributed by atoms with van der Waals surface area (Å²) in [5.74, 6) is -0.102. The van der Waals surface area contributed by atoms with Crippen LogP contribution in [0.5, 0.6) is 0 Å². The van der Waals surface area contributed by atoms with Gasteiger partial charge in [-0.1, -0.05) is 0 Å². The van der Waals surface area contributed by atoms with E-state index < -0.39 is 0 Å². The van der Waals surface area contributed by atoms with E-state index in [4.69, 9.17) is 0 Å². The first kappa shape index (κ1) is 9.45. The first-order valence-corrected chi connectivity index (χ1v) is 4.97. The summed E-state index contributed by atoms with van der Waals surface area (Å²) in [4.78, 5) is 26.1. The molecule has 2 aliphatic heterocycles.